The first kappa shape index (κ1) is 23.1. The molecular weight excluding hydrogens is 382 g/mol. The Bertz CT molecular complexity index is 943. The van der Waals surface area contributed by atoms with E-state index in [1.54, 1.807) is 0 Å². The van der Waals surface area contributed by atoms with E-state index in [1.165, 1.54) is 50.5 Å². The highest BCUT2D eigenvalue weighted by Gasteiger charge is 2.11. The smallest absolute Gasteiger partial charge is 0.251 e. The van der Waals surface area contributed by atoms with Crippen molar-refractivity contribution in [2.24, 2.45) is 0 Å². The van der Waals surface area contributed by atoms with Gasteiger partial charge in [0.1, 0.15) is 5.82 Å². The van der Waals surface area contributed by atoms with Crippen LogP contribution in [0.3, 0.4) is 0 Å². The predicted octanol–water partition coefficient (Wildman–Crippen LogP) is 6.46. The van der Waals surface area contributed by atoms with E-state index in [-0.39, 0.29) is 5.91 Å². The zero-order chi connectivity index (χ0) is 21.9. The molecule has 0 radical (unpaired) electrons. The number of carbonyl (C=O) groups is 1. The Balaban J connectivity index is 1.50. The molecule has 31 heavy (non-hydrogen) atoms. The van der Waals surface area contributed by atoms with Crippen LogP contribution in [-0.2, 0) is 13.0 Å². The quantitative estimate of drug-likeness (QED) is 0.323. The summed E-state index contributed by atoms with van der Waals surface area (Å²) in [7, 11) is 0. The lowest BCUT2D eigenvalue weighted by molar-refractivity contribution is 0.0953. The van der Waals surface area contributed by atoms with E-state index in [9.17, 15) is 4.79 Å². The normalized spacial score (nSPS) is 11.2. The summed E-state index contributed by atoms with van der Waals surface area (Å²) in [5.74, 6) is 1.13. The third kappa shape index (κ3) is 6.95. The van der Waals surface area contributed by atoms with Crippen molar-refractivity contribution in [2.45, 2.75) is 78.2 Å². The van der Waals surface area contributed by atoms with E-state index in [2.05, 4.69) is 41.1 Å². The van der Waals surface area contributed by atoms with Crippen LogP contribution in [0.1, 0.15) is 80.0 Å². The van der Waals surface area contributed by atoms with Gasteiger partial charge in [0.25, 0.3) is 5.91 Å². The summed E-state index contributed by atoms with van der Waals surface area (Å²) in [5.41, 5.74) is 4.18. The predicted molar refractivity (Wildman–Crippen MR) is 130 cm³/mol. The molecule has 0 unspecified atom stereocenters. The molecule has 4 heteroatoms. The van der Waals surface area contributed by atoms with Crippen LogP contribution in [0.15, 0.2) is 48.5 Å². The number of unbranched alkanes of at least 4 members (excludes halogenated alkanes) is 6. The van der Waals surface area contributed by atoms with Gasteiger partial charge in [-0.25, -0.2) is 4.98 Å². The number of aryl methyl sites for hydroxylation is 3. The molecule has 0 aliphatic carbocycles. The lowest BCUT2D eigenvalue weighted by Gasteiger charge is -2.10. The van der Waals surface area contributed by atoms with Gasteiger partial charge < -0.3 is 9.88 Å². The summed E-state index contributed by atoms with van der Waals surface area (Å²) < 4.78 is 2.39. The summed E-state index contributed by atoms with van der Waals surface area (Å²) >= 11 is 0. The minimum atomic E-state index is -0.00317. The van der Waals surface area contributed by atoms with E-state index in [0.29, 0.717) is 6.54 Å². The highest BCUT2D eigenvalue weighted by molar-refractivity contribution is 5.94. The highest BCUT2D eigenvalue weighted by Crippen LogP contribution is 2.19. The molecule has 0 spiro atoms. The van der Waals surface area contributed by atoms with Crippen LogP contribution in [-0.4, -0.2) is 22.0 Å². The van der Waals surface area contributed by atoms with Crippen LogP contribution in [0.2, 0.25) is 0 Å². The van der Waals surface area contributed by atoms with Gasteiger partial charge in [-0.15, -0.1) is 0 Å². The molecule has 1 amide bonds. The van der Waals surface area contributed by atoms with Gasteiger partial charge in [-0.1, -0.05) is 75.3 Å². The lowest BCUT2D eigenvalue weighted by Crippen LogP contribution is -2.25. The molecule has 0 bridgehead atoms. The number of imidazole rings is 1. The maximum atomic E-state index is 12.3. The number of amides is 1. The Morgan fingerprint density at radius 3 is 2.39 bits per heavy atom. The molecule has 1 heterocycles. The number of hydrogen-bond acceptors (Lipinski definition) is 2. The molecule has 0 aliphatic heterocycles. The first-order valence-electron chi connectivity index (χ1n) is 12.0. The second kappa shape index (κ2) is 12.3. The largest absolute Gasteiger partial charge is 0.352 e. The molecule has 1 N–H and O–H groups in total. The molecule has 0 saturated carbocycles. The molecule has 166 valence electrons. The van der Waals surface area contributed by atoms with Gasteiger partial charge in [0.2, 0.25) is 0 Å². The number of carbonyl (C=O) groups excluding carboxylic acids is 1. The second-order valence-electron chi connectivity index (χ2n) is 8.52. The van der Waals surface area contributed by atoms with Crippen LogP contribution in [0, 0.1) is 6.92 Å². The molecular formula is C27H37N3O. The SMILES string of the molecule is CCCCCCCCCn1c(CCCNC(=O)c2ccc(C)cc2)nc2ccccc21. The van der Waals surface area contributed by atoms with E-state index in [0.717, 1.165) is 41.9 Å². The minimum Gasteiger partial charge on any atom is -0.352 e. The van der Waals surface area contributed by atoms with Gasteiger partial charge in [0.05, 0.1) is 11.0 Å². The van der Waals surface area contributed by atoms with Crippen molar-refractivity contribution in [3.63, 3.8) is 0 Å². The van der Waals surface area contributed by atoms with Gasteiger partial charge in [-0.3, -0.25) is 4.79 Å². The van der Waals surface area contributed by atoms with E-state index >= 15 is 0 Å². The number of para-hydroxylation sites is 2. The van der Waals surface area contributed by atoms with Gasteiger partial charge >= 0.3 is 0 Å². The fraction of sp³-hybridized carbons (Fsp3) is 0.481. The van der Waals surface area contributed by atoms with Gasteiger partial charge in [-0.05, 0) is 44.0 Å². The third-order valence-electron chi connectivity index (χ3n) is 5.90. The van der Waals surface area contributed by atoms with Crippen molar-refractivity contribution in [3.8, 4) is 0 Å². The summed E-state index contributed by atoms with van der Waals surface area (Å²) in [6, 6.07) is 16.1. The topological polar surface area (TPSA) is 46.9 Å². The average molecular weight is 420 g/mol. The molecule has 0 fully saturated rings. The molecule has 1 aromatic heterocycles. The first-order valence-corrected chi connectivity index (χ1v) is 12.0. The van der Waals surface area contributed by atoms with Gasteiger partial charge in [0.15, 0.2) is 0 Å². The fourth-order valence-corrected chi connectivity index (χ4v) is 4.05. The summed E-state index contributed by atoms with van der Waals surface area (Å²) in [6.07, 6.45) is 10.9. The Kier molecular flexibility index (Phi) is 9.14. The second-order valence-corrected chi connectivity index (χ2v) is 8.52. The van der Waals surface area contributed by atoms with Gasteiger partial charge in [-0.2, -0.15) is 0 Å². The lowest BCUT2D eigenvalue weighted by atomic mass is 10.1. The minimum absolute atomic E-state index is 0.00317. The molecule has 3 rings (SSSR count). The van der Waals surface area contributed by atoms with Crippen molar-refractivity contribution in [3.05, 3.63) is 65.5 Å². The average Bonchev–Trinajstić information content (AvgIpc) is 3.14. The van der Waals surface area contributed by atoms with Crippen LogP contribution < -0.4 is 5.32 Å². The van der Waals surface area contributed by atoms with Crippen LogP contribution in [0.5, 0.6) is 0 Å². The van der Waals surface area contributed by atoms with Crippen LogP contribution in [0.4, 0.5) is 0 Å². The van der Waals surface area contributed by atoms with Crippen LogP contribution >= 0.6 is 0 Å². The zero-order valence-corrected chi connectivity index (χ0v) is 19.2. The Hall–Kier alpha value is -2.62. The summed E-state index contributed by atoms with van der Waals surface area (Å²) in [5, 5.41) is 3.04. The summed E-state index contributed by atoms with van der Waals surface area (Å²) in [4.78, 5) is 17.2. The summed E-state index contributed by atoms with van der Waals surface area (Å²) in [6.45, 7) is 5.98. The Morgan fingerprint density at radius 1 is 0.903 bits per heavy atom. The Morgan fingerprint density at radius 2 is 1.61 bits per heavy atom. The van der Waals surface area contributed by atoms with E-state index in [1.807, 2.05) is 31.2 Å². The van der Waals surface area contributed by atoms with Crippen molar-refractivity contribution < 1.29 is 4.79 Å². The third-order valence-corrected chi connectivity index (χ3v) is 5.90. The monoisotopic (exact) mass is 419 g/mol. The highest BCUT2D eigenvalue weighted by atomic mass is 16.1. The van der Waals surface area contributed by atoms with Crippen molar-refractivity contribution >= 4 is 16.9 Å². The molecule has 2 aromatic carbocycles. The number of fused-ring (bicyclic) bond motifs is 1. The standard InChI is InChI=1S/C27H37N3O/c1-3-4-5-6-7-8-11-21-30-25-14-10-9-13-24(25)29-26(30)15-12-20-28-27(31)23-18-16-22(2)17-19-23/h9-10,13-14,16-19H,3-8,11-12,15,20-21H2,1-2H3,(H,28,31). The molecule has 0 atom stereocenters. The molecule has 0 saturated heterocycles. The number of benzene rings is 2. The van der Waals surface area contributed by atoms with Crippen molar-refractivity contribution in [1.82, 2.24) is 14.9 Å². The number of nitrogens with zero attached hydrogens (tertiary/aromatic N) is 2. The Labute approximate surface area is 187 Å². The first-order chi connectivity index (χ1) is 15.2. The maximum absolute atomic E-state index is 12.3. The van der Waals surface area contributed by atoms with Crippen molar-refractivity contribution in [1.29, 1.82) is 0 Å². The molecule has 4 nitrogen and oxygen atoms in total. The maximum Gasteiger partial charge on any atom is 0.251 e. The molecule has 0 aliphatic rings. The van der Waals surface area contributed by atoms with E-state index in [4.69, 9.17) is 4.98 Å². The van der Waals surface area contributed by atoms with Gasteiger partial charge in [0, 0.05) is 25.1 Å². The fourth-order valence-electron chi connectivity index (χ4n) is 4.05. The van der Waals surface area contributed by atoms with Crippen molar-refractivity contribution in [2.75, 3.05) is 6.54 Å². The number of rotatable bonds is 13. The number of hydrogen-bond donors (Lipinski definition) is 1. The van der Waals surface area contributed by atoms with Crippen LogP contribution in [0.25, 0.3) is 11.0 Å². The number of nitrogens with one attached hydrogen (secondary N) is 1. The zero-order valence-electron chi connectivity index (χ0n) is 19.2. The molecule has 3 aromatic rings. The van der Waals surface area contributed by atoms with E-state index < -0.39 is 0 Å². The number of aromatic nitrogens is 2.